The van der Waals surface area contributed by atoms with Crippen LogP contribution in [0.3, 0.4) is 0 Å². The Kier molecular flexibility index (Phi) is 5.45. The van der Waals surface area contributed by atoms with E-state index >= 15 is 0 Å². The maximum atomic E-state index is 12.5. The molecular formula is C18H22N2O2S. The van der Waals surface area contributed by atoms with Gasteiger partial charge in [-0.15, -0.1) is 0 Å². The normalized spacial score (nSPS) is 11.0. The summed E-state index contributed by atoms with van der Waals surface area (Å²) >= 11 is 0. The van der Waals surface area contributed by atoms with Gasteiger partial charge >= 0.3 is 0 Å². The largest absolute Gasteiger partial charge is 0.372 e. The van der Waals surface area contributed by atoms with Gasteiger partial charge in [0.2, 0.25) is 0 Å². The van der Waals surface area contributed by atoms with Crippen LogP contribution < -0.4 is 9.62 Å². The van der Waals surface area contributed by atoms with Crippen molar-refractivity contribution in [2.45, 2.75) is 18.7 Å². The van der Waals surface area contributed by atoms with E-state index in [-0.39, 0.29) is 4.90 Å². The highest BCUT2D eigenvalue weighted by Gasteiger charge is 2.14. The summed E-state index contributed by atoms with van der Waals surface area (Å²) < 4.78 is 27.6. The van der Waals surface area contributed by atoms with E-state index in [0.717, 1.165) is 24.3 Å². The third-order valence-electron chi connectivity index (χ3n) is 3.65. The molecule has 0 amide bonds. The van der Waals surface area contributed by atoms with Crippen molar-refractivity contribution in [3.8, 4) is 0 Å². The van der Waals surface area contributed by atoms with Crippen molar-refractivity contribution in [2.24, 2.45) is 0 Å². The Morgan fingerprint density at radius 3 is 2.30 bits per heavy atom. The number of sulfonamides is 1. The first-order valence-electron chi connectivity index (χ1n) is 7.60. The summed E-state index contributed by atoms with van der Waals surface area (Å²) in [6.07, 6.45) is 1.68. The highest BCUT2D eigenvalue weighted by molar-refractivity contribution is 7.92. The van der Waals surface area contributed by atoms with Crippen LogP contribution in [-0.4, -0.2) is 21.5 Å². The maximum absolute atomic E-state index is 12.5. The van der Waals surface area contributed by atoms with Crippen LogP contribution in [0.1, 0.15) is 19.4 Å². The number of nitrogens with one attached hydrogen (secondary N) is 1. The first kappa shape index (κ1) is 17.1. The quantitative estimate of drug-likeness (QED) is 0.835. The van der Waals surface area contributed by atoms with Crippen LogP contribution in [0.4, 0.5) is 11.4 Å². The predicted molar refractivity (Wildman–Crippen MR) is 97.3 cm³/mol. The number of hydrogen-bond acceptors (Lipinski definition) is 3. The predicted octanol–water partition coefficient (Wildman–Crippen LogP) is 3.98. The van der Waals surface area contributed by atoms with Crippen LogP contribution in [0.25, 0.3) is 6.08 Å². The highest BCUT2D eigenvalue weighted by atomic mass is 32.2. The third kappa shape index (κ3) is 4.13. The van der Waals surface area contributed by atoms with Crippen LogP contribution in [-0.2, 0) is 10.0 Å². The molecule has 0 saturated heterocycles. The number of anilines is 2. The van der Waals surface area contributed by atoms with Gasteiger partial charge < -0.3 is 4.90 Å². The summed E-state index contributed by atoms with van der Waals surface area (Å²) in [5.74, 6) is 0. The molecule has 4 nitrogen and oxygen atoms in total. The van der Waals surface area contributed by atoms with Gasteiger partial charge in [0.1, 0.15) is 0 Å². The molecule has 0 radical (unpaired) electrons. The van der Waals surface area contributed by atoms with E-state index in [2.05, 4.69) is 30.0 Å². The molecule has 0 aliphatic rings. The van der Waals surface area contributed by atoms with E-state index in [4.69, 9.17) is 0 Å². The van der Waals surface area contributed by atoms with E-state index in [1.807, 2.05) is 18.2 Å². The van der Waals surface area contributed by atoms with Crippen molar-refractivity contribution in [3.63, 3.8) is 0 Å². The van der Waals surface area contributed by atoms with Crippen LogP contribution >= 0.6 is 0 Å². The van der Waals surface area contributed by atoms with Crippen LogP contribution in [0, 0.1) is 0 Å². The first-order valence-corrected chi connectivity index (χ1v) is 9.08. The van der Waals surface area contributed by atoms with Gasteiger partial charge in [0.15, 0.2) is 0 Å². The summed E-state index contributed by atoms with van der Waals surface area (Å²) in [6, 6.07) is 14.0. The highest BCUT2D eigenvalue weighted by Crippen LogP contribution is 2.22. The van der Waals surface area contributed by atoms with Gasteiger partial charge in [0.05, 0.1) is 10.6 Å². The zero-order chi connectivity index (χ0) is 16.9. The van der Waals surface area contributed by atoms with Crippen LogP contribution in [0.5, 0.6) is 0 Å². The average Bonchev–Trinajstić information content (AvgIpc) is 2.56. The fourth-order valence-corrected chi connectivity index (χ4v) is 3.40. The Balaban J connectivity index is 2.26. The molecule has 0 spiro atoms. The molecule has 0 aromatic heterocycles. The van der Waals surface area contributed by atoms with Crippen LogP contribution in [0.2, 0.25) is 0 Å². The monoisotopic (exact) mass is 330 g/mol. The Labute approximate surface area is 138 Å². The third-order valence-corrected chi connectivity index (χ3v) is 5.05. The Morgan fingerprint density at radius 2 is 1.74 bits per heavy atom. The molecule has 0 unspecified atom stereocenters. The van der Waals surface area contributed by atoms with Gasteiger partial charge in [-0.1, -0.05) is 30.9 Å². The molecule has 2 aromatic rings. The smallest absolute Gasteiger partial charge is 0.261 e. The molecule has 1 N–H and O–H groups in total. The first-order chi connectivity index (χ1) is 11.0. The van der Waals surface area contributed by atoms with Crippen molar-refractivity contribution < 1.29 is 8.42 Å². The van der Waals surface area contributed by atoms with Crippen molar-refractivity contribution in [3.05, 3.63) is 60.7 Å². The standard InChI is InChI=1S/C18H22N2O2S/c1-4-15-10-12-18(13-11-15)23(21,22)19-16-8-7-9-17(14-16)20(5-2)6-3/h4,7-14,19H,1,5-6H2,2-3H3. The second kappa shape index (κ2) is 7.33. The Bertz CT molecular complexity index is 764. The Morgan fingerprint density at radius 1 is 1.09 bits per heavy atom. The molecule has 5 heteroatoms. The van der Waals surface area contributed by atoms with Gasteiger partial charge in [-0.05, 0) is 49.7 Å². The molecule has 0 atom stereocenters. The second-order valence-corrected chi connectivity index (χ2v) is 6.78. The molecule has 0 saturated carbocycles. The molecule has 0 fully saturated rings. The topological polar surface area (TPSA) is 49.4 Å². The zero-order valence-electron chi connectivity index (χ0n) is 13.5. The lowest BCUT2D eigenvalue weighted by Gasteiger charge is -2.21. The summed E-state index contributed by atoms with van der Waals surface area (Å²) in [5.41, 5.74) is 2.44. The molecule has 0 heterocycles. The summed E-state index contributed by atoms with van der Waals surface area (Å²) in [5, 5.41) is 0. The van der Waals surface area contributed by atoms with Gasteiger partial charge in [-0.25, -0.2) is 8.42 Å². The number of nitrogens with zero attached hydrogens (tertiary/aromatic N) is 1. The maximum Gasteiger partial charge on any atom is 0.261 e. The average molecular weight is 330 g/mol. The minimum Gasteiger partial charge on any atom is -0.372 e. The van der Waals surface area contributed by atoms with Crippen LogP contribution in [0.15, 0.2) is 60.0 Å². The second-order valence-electron chi connectivity index (χ2n) is 5.10. The van der Waals surface area contributed by atoms with Crippen molar-refractivity contribution in [1.29, 1.82) is 0 Å². The lowest BCUT2D eigenvalue weighted by molar-refractivity contribution is 0.601. The van der Waals surface area contributed by atoms with Crippen molar-refractivity contribution in [1.82, 2.24) is 0 Å². The number of benzene rings is 2. The van der Waals surface area contributed by atoms with Gasteiger partial charge in [-0.3, -0.25) is 4.72 Å². The van der Waals surface area contributed by atoms with E-state index in [1.165, 1.54) is 0 Å². The number of rotatable bonds is 7. The molecule has 2 aromatic carbocycles. The summed E-state index contributed by atoms with van der Waals surface area (Å²) in [6.45, 7) is 9.55. The SMILES string of the molecule is C=Cc1ccc(S(=O)(=O)Nc2cccc(N(CC)CC)c2)cc1. The minimum atomic E-state index is -3.60. The van der Waals surface area contributed by atoms with Gasteiger partial charge in [0.25, 0.3) is 10.0 Å². The van der Waals surface area contributed by atoms with Gasteiger partial charge in [-0.2, -0.15) is 0 Å². The summed E-state index contributed by atoms with van der Waals surface area (Å²) in [7, 11) is -3.60. The zero-order valence-corrected chi connectivity index (χ0v) is 14.3. The fraction of sp³-hybridized carbons (Fsp3) is 0.222. The lowest BCUT2D eigenvalue weighted by atomic mass is 10.2. The van der Waals surface area contributed by atoms with E-state index in [1.54, 1.807) is 36.4 Å². The molecule has 122 valence electrons. The molecule has 0 bridgehead atoms. The van der Waals surface area contributed by atoms with E-state index in [9.17, 15) is 8.42 Å². The van der Waals surface area contributed by atoms with Crippen molar-refractivity contribution in [2.75, 3.05) is 22.7 Å². The molecular weight excluding hydrogens is 308 g/mol. The fourth-order valence-electron chi connectivity index (χ4n) is 2.35. The van der Waals surface area contributed by atoms with E-state index in [0.29, 0.717) is 5.69 Å². The number of hydrogen-bond donors (Lipinski definition) is 1. The van der Waals surface area contributed by atoms with Crippen molar-refractivity contribution >= 4 is 27.5 Å². The molecule has 0 aliphatic carbocycles. The molecule has 2 rings (SSSR count). The minimum absolute atomic E-state index is 0.233. The van der Waals surface area contributed by atoms with Gasteiger partial charge in [0, 0.05) is 18.8 Å². The molecule has 0 aliphatic heterocycles. The summed E-state index contributed by atoms with van der Waals surface area (Å²) in [4.78, 5) is 2.40. The van der Waals surface area contributed by atoms with E-state index < -0.39 is 10.0 Å². The lowest BCUT2D eigenvalue weighted by Crippen LogP contribution is -2.22. The Hall–Kier alpha value is -2.27. The molecule has 23 heavy (non-hydrogen) atoms.